The van der Waals surface area contributed by atoms with Crippen molar-refractivity contribution >= 4 is 11.8 Å². The first kappa shape index (κ1) is 9.72. The Labute approximate surface area is 86.0 Å². The van der Waals surface area contributed by atoms with Crippen molar-refractivity contribution in [1.82, 2.24) is 16.2 Å². The monoisotopic (exact) mass is 209 g/mol. The smallest absolute Gasteiger partial charge is 0.256 e. The van der Waals surface area contributed by atoms with E-state index >= 15 is 0 Å². The minimum Gasteiger partial charge on any atom is -0.468 e. The summed E-state index contributed by atoms with van der Waals surface area (Å²) in [4.78, 5) is 22.3. The third kappa shape index (κ3) is 2.35. The van der Waals surface area contributed by atoms with Crippen molar-refractivity contribution < 1.29 is 14.0 Å². The van der Waals surface area contributed by atoms with Crippen molar-refractivity contribution in [1.29, 1.82) is 0 Å². The predicted molar refractivity (Wildman–Crippen MR) is 50.2 cm³/mol. The van der Waals surface area contributed by atoms with E-state index in [-0.39, 0.29) is 18.2 Å². The van der Waals surface area contributed by atoms with E-state index in [2.05, 4.69) is 16.2 Å². The molecule has 3 N–H and O–H groups in total. The number of amides is 2. The summed E-state index contributed by atoms with van der Waals surface area (Å²) in [6.45, 7) is 0.429. The number of carbonyl (C=O) groups is 2. The third-order valence-corrected chi connectivity index (χ3v) is 2.13. The molecule has 0 radical (unpaired) electrons. The predicted octanol–water partition coefficient (Wildman–Crippen LogP) is -0.711. The topological polar surface area (TPSA) is 83.4 Å². The van der Waals surface area contributed by atoms with Crippen molar-refractivity contribution in [2.75, 3.05) is 0 Å². The molecule has 1 aliphatic heterocycles. The van der Waals surface area contributed by atoms with E-state index < -0.39 is 6.04 Å². The van der Waals surface area contributed by atoms with E-state index in [0.717, 1.165) is 5.76 Å². The summed E-state index contributed by atoms with van der Waals surface area (Å²) < 4.78 is 5.09. The molecule has 0 bridgehead atoms. The second-order valence-electron chi connectivity index (χ2n) is 3.25. The van der Waals surface area contributed by atoms with E-state index in [1.165, 1.54) is 0 Å². The number of hydrogen-bond donors (Lipinski definition) is 3. The lowest BCUT2D eigenvalue weighted by Crippen LogP contribution is -2.57. The maximum Gasteiger partial charge on any atom is 0.256 e. The van der Waals surface area contributed by atoms with Crippen LogP contribution in [0.5, 0.6) is 0 Å². The van der Waals surface area contributed by atoms with E-state index in [4.69, 9.17) is 4.42 Å². The first-order valence-corrected chi connectivity index (χ1v) is 4.60. The molecule has 2 amide bonds. The lowest BCUT2D eigenvalue weighted by atomic mass is 10.1. The van der Waals surface area contributed by atoms with Gasteiger partial charge in [-0.25, -0.2) is 0 Å². The van der Waals surface area contributed by atoms with Crippen LogP contribution in [-0.4, -0.2) is 17.9 Å². The van der Waals surface area contributed by atoms with Crippen LogP contribution in [0.3, 0.4) is 0 Å². The summed E-state index contributed by atoms with van der Waals surface area (Å²) in [7, 11) is 0. The van der Waals surface area contributed by atoms with Gasteiger partial charge >= 0.3 is 0 Å². The lowest BCUT2D eigenvalue weighted by Gasteiger charge is -2.22. The van der Waals surface area contributed by atoms with Crippen molar-refractivity contribution in [2.45, 2.75) is 19.0 Å². The average Bonchev–Trinajstić information content (AvgIpc) is 2.72. The molecule has 2 heterocycles. The van der Waals surface area contributed by atoms with Crippen molar-refractivity contribution in [2.24, 2.45) is 0 Å². The van der Waals surface area contributed by atoms with E-state index in [0.29, 0.717) is 6.54 Å². The highest BCUT2D eigenvalue weighted by molar-refractivity contribution is 5.93. The lowest BCUT2D eigenvalue weighted by molar-refractivity contribution is -0.136. The first-order chi connectivity index (χ1) is 7.25. The van der Waals surface area contributed by atoms with Crippen LogP contribution in [0.4, 0.5) is 0 Å². The second-order valence-corrected chi connectivity index (χ2v) is 3.25. The van der Waals surface area contributed by atoms with Crippen molar-refractivity contribution in [3.63, 3.8) is 0 Å². The number of furan rings is 1. The molecule has 6 heteroatoms. The molecular weight excluding hydrogens is 198 g/mol. The van der Waals surface area contributed by atoms with Gasteiger partial charge in [0.1, 0.15) is 5.76 Å². The summed E-state index contributed by atoms with van der Waals surface area (Å²) in [5.74, 6) is 0.293. The summed E-state index contributed by atoms with van der Waals surface area (Å²) in [5, 5.41) is 2.94. The molecule has 0 spiro atoms. The number of hydrazine groups is 1. The Morgan fingerprint density at radius 3 is 3.07 bits per heavy atom. The maximum atomic E-state index is 11.3. The van der Waals surface area contributed by atoms with Gasteiger partial charge in [0.05, 0.1) is 25.3 Å². The van der Waals surface area contributed by atoms with Crippen LogP contribution in [0.15, 0.2) is 22.8 Å². The Morgan fingerprint density at radius 1 is 1.47 bits per heavy atom. The molecule has 1 aromatic rings. The van der Waals surface area contributed by atoms with Gasteiger partial charge in [0, 0.05) is 0 Å². The van der Waals surface area contributed by atoms with Crippen LogP contribution >= 0.6 is 0 Å². The molecule has 1 saturated heterocycles. The van der Waals surface area contributed by atoms with Gasteiger partial charge in [0.2, 0.25) is 5.91 Å². The Kier molecular flexibility index (Phi) is 2.68. The largest absolute Gasteiger partial charge is 0.468 e. The number of carbonyl (C=O) groups excluding carboxylic acids is 2. The highest BCUT2D eigenvalue weighted by Gasteiger charge is 2.26. The van der Waals surface area contributed by atoms with Crippen molar-refractivity contribution in [3.05, 3.63) is 24.2 Å². The molecule has 0 aliphatic carbocycles. The molecule has 1 aliphatic rings. The minimum atomic E-state index is -0.496. The Hall–Kier alpha value is -1.82. The number of rotatable bonds is 3. The molecular formula is C9H11N3O3. The summed E-state index contributed by atoms with van der Waals surface area (Å²) in [6.07, 6.45) is 1.71. The fourth-order valence-electron chi connectivity index (χ4n) is 1.35. The summed E-state index contributed by atoms with van der Waals surface area (Å²) in [6, 6.07) is 3.07. The molecule has 6 nitrogen and oxygen atoms in total. The molecule has 1 fully saturated rings. The standard InChI is InChI=1S/C9H11N3O3/c13-8-4-7(9(14)12-11-8)10-5-6-2-1-3-15-6/h1-3,7,10H,4-5H2,(H,11,13)(H,12,14). The fourth-order valence-corrected chi connectivity index (χ4v) is 1.35. The molecule has 0 aromatic carbocycles. The zero-order chi connectivity index (χ0) is 10.7. The van der Waals surface area contributed by atoms with Crippen molar-refractivity contribution in [3.8, 4) is 0 Å². The quantitative estimate of drug-likeness (QED) is 0.614. The molecule has 80 valence electrons. The highest BCUT2D eigenvalue weighted by Crippen LogP contribution is 2.02. The summed E-state index contributed by atoms with van der Waals surface area (Å²) >= 11 is 0. The van der Waals surface area contributed by atoms with Crippen LogP contribution in [-0.2, 0) is 16.1 Å². The Morgan fingerprint density at radius 2 is 2.33 bits per heavy atom. The number of nitrogens with one attached hydrogen (secondary N) is 3. The van der Waals surface area contributed by atoms with Crippen LogP contribution in [0.1, 0.15) is 12.2 Å². The van der Waals surface area contributed by atoms with E-state index in [1.54, 1.807) is 18.4 Å². The van der Waals surface area contributed by atoms with Crippen LogP contribution in [0, 0.1) is 0 Å². The average molecular weight is 209 g/mol. The second kappa shape index (κ2) is 4.14. The molecule has 1 unspecified atom stereocenters. The number of hydrogen-bond acceptors (Lipinski definition) is 4. The van der Waals surface area contributed by atoms with Gasteiger partial charge in [0.15, 0.2) is 0 Å². The van der Waals surface area contributed by atoms with Gasteiger partial charge in [-0.3, -0.25) is 25.8 Å². The molecule has 15 heavy (non-hydrogen) atoms. The molecule has 0 saturated carbocycles. The Balaban J connectivity index is 1.88. The van der Waals surface area contributed by atoms with Crippen LogP contribution in [0.2, 0.25) is 0 Å². The van der Waals surface area contributed by atoms with E-state index in [1.807, 2.05) is 0 Å². The van der Waals surface area contributed by atoms with Gasteiger partial charge in [0.25, 0.3) is 5.91 Å². The van der Waals surface area contributed by atoms with Gasteiger partial charge < -0.3 is 4.42 Å². The first-order valence-electron chi connectivity index (χ1n) is 4.60. The van der Waals surface area contributed by atoms with Crippen LogP contribution in [0.25, 0.3) is 0 Å². The van der Waals surface area contributed by atoms with Gasteiger partial charge in [-0.15, -0.1) is 0 Å². The zero-order valence-electron chi connectivity index (χ0n) is 7.95. The normalized spacial score (nSPS) is 20.9. The van der Waals surface area contributed by atoms with Crippen LogP contribution < -0.4 is 16.2 Å². The minimum absolute atomic E-state index is 0.145. The zero-order valence-corrected chi connectivity index (χ0v) is 7.95. The fraction of sp³-hybridized carbons (Fsp3) is 0.333. The molecule has 2 rings (SSSR count). The molecule has 1 aromatic heterocycles. The summed E-state index contributed by atoms with van der Waals surface area (Å²) in [5.41, 5.74) is 4.53. The van der Waals surface area contributed by atoms with Gasteiger partial charge in [-0.1, -0.05) is 0 Å². The maximum absolute atomic E-state index is 11.3. The molecule has 1 atom stereocenters. The Bertz CT molecular complexity index is 361. The van der Waals surface area contributed by atoms with Gasteiger partial charge in [-0.2, -0.15) is 0 Å². The highest BCUT2D eigenvalue weighted by atomic mass is 16.3. The third-order valence-electron chi connectivity index (χ3n) is 2.13. The van der Waals surface area contributed by atoms with Gasteiger partial charge in [-0.05, 0) is 12.1 Å². The van der Waals surface area contributed by atoms with E-state index in [9.17, 15) is 9.59 Å². The SMILES string of the molecule is O=C1CC(NCc2ccco2)C(=O)NN1.